The first-order valence-electron chi connectivity index (χ1n) is 7.53. The van der Waals surface area contributed by atoms with Crippen molar-refractivity contribution >= 4 is 33.1 Å². The van der Waals surface area contributed by atoms with Crippen molar-refractivity contribution in [1.29, 1.82) is 0 Å². The summed E-state index contributed by atoms with van der Waals surface area (Å²) in [5.41, 5.74) is 4.39. The lowest BCUT2D eigenvalue weighted by Gasteiger charge is -2.34. The standard InChI is InChI=1S/C19H19BrN2/c1-3-17(20)19-21-18-12-8-7-11-16(18)14(2)22(19)13-15-9-5-4-6-10-15/h4-12,17H,2-3,13H2,1H3. The third-order valence-corrected chi connectivity index (χ3v) is 4.93. The van der Waals surface area contributed by atoms with Crippen LogP contribution in [0.25, 0.3) is 5.70 Å². The lowest BCUT2D eigenvalue weighted by molar-refractivity contribution is 0.560. The molecule has 0 aliphatic carbocycles. The van der Waals surface area contributed by atoms with Crippen LogP contribution in [0.5, 0.6) is 0 Å². The first-order chi connectivity index (χ1) is 10.7. The quantitative estimate of drug-likeness (QED) is 0.673. The van der Waals surface area contributed by atoms with E-state index in [9.17, 15) is 0 Å². The van der Waals surface area contributed by atoms with Gasteiger partial charge in [0.25, 0.3) is 0 Å². The summed E-state index contributed by atoms with van der Waals surface area (Å²) in [5.74, 6) is 1.04. The predicted octanol–water partition coefficient (Wildman–Crippen LogP) is 5.38. The molecule has 0 saturated heterocycles. The van der Waals surface area contributed by atoms with Crippen LogP contribution in [0.4, 0.5) is 5.69 Å². The van der Waals surface area contributed by atoms with Crippen LogP contribution in [0.3, 0.4) is 0 Å². The number of hydrogen-bond donors (Lipinski definition) is 0. The highest BCUT2D eigenvalue weighted by Gasteiger charge is 2.27. The molecule has 1 aliphatic heterocycles. The summed E-state index contributed by atoms with van der Waals surface area (Å²) in [6.45, 7) is 7.27. The van der Waals surface area contributed by atoms with Crippen molar-refractivity contribution in [3.63, 3.8) is 0 Å². The molecule has 3 rings (SSSR count). The summed E-state index contributed by atoms with van der Waals surface area (Å²) in [4.78, 5) is 7.33. The zero-order valence-corrected chi connectivity index (χ0v) is 14.3. The average Bonchev–Trinajstić information content (AvgIpc) is 2.57. The summed E-state index contributed by atoms with van der Waals surface area (Å²) in [6.07, 6.45) is 0.986. The highest BCUT2D eigenvalue weighted by Crippen LogP contribution is 2.35. The Bertz CT molecular complexity index is 706. The monoisotopic (exact) mass is 354 g/mol. The molecule has 0 amide bonds. The van der Waals surface area contributed by atoms with E-state index in [1.54, 1.807) is 0 Å². The van der Waals surface area contributed by atoms with Gasteiger partial charge in [0.2, 0.25) is 0 Å². The van der Waals surface area contributed by atoms with E-state index in [-0.39, 0.29) is 4.83 Å². The summed E-state index contributed by atoms with van der Waals surface area (Å²) in [5, 5.41) is 0. The summed E-state index contributed by atoms with van der Waals surface area (Å²) in [6, 6.07) is 18.7. The molecular formula is C19H19BrN2. The minimum absolute atomic E-state index is 0.223. The molecule has 3 heteroatoms. The predicted molar refractivity (Wildman–Crippen MR) is 97.6 cm³/mol. The third kappa shape index (κ3) is 2.86. The highest BCUT2D eigenvalue weighted by molar-refractivity contribution is 9.10. The van der Waals surface area contributed by atoms with Crippen LogP contribution < -0.4 is 0 Å². The number of alkyl halides is 1. The van der Waals surface area contributed by atoms with E-state index in [0.29, 0.717) is 0 Å². The van der Waals surface area contributed by atoms with Crippen LogP contribution in [0.2, 0.25) is 0 Å². The summed E-state index contributed by atoms with van der Waals surface area (Å²) in [7, 11) is 0. The normalized spacial score (nSPS) is 15.3. The van der Waals surface area contributed by atoms with Crippen LogP contribution in [-0.2, 0) is 6.54 Å². The second-order valence-electron chi connectivity index (χ2n) is 5.38. The van der Waals surface area contributed by atoms with Gasteiger partial charge in [0.05, 0.1) is 10.5 Å². The number of nitrogens with zero attached hydrogens (tertiary/aromatic N) is 2. The van der Waals surface area contributed by atoms with Gasteiger partial charge in [-0.1, -0.05) is 78.0 Å². The van der Waals surface area contributed by atoms with E-state index in [1.807, 2.05) is 18.2 Å². The molecule has 0 radical (unpaired) electrons. The zero-order valence-electron chi connectivity index (χ0n) is 12.7. The minimum atomic E-state index is 0.223. The van der Waals surface area contributed by atoms with E-state index >= 15 is 0 Å². The van der Waals surface area contributed by atoms with Gasteiger partial charge in [-0.15, -0.1) is 0 Å². The largest absolute Gasteiger partial charge is 0.324 e. The van der Waals surface area contributed by atoms with E-state index in [0.717, 1.165) is 35.7 Å². The number of halogens is 1. The molecule has 2 nitrogen and oxygen atoms in total. The smallest absolute Gasteiger partial charge is 0.123 e. The van der Waals surface area contributed by atoms with Gasteiger partial charge >= 0.3 is 0 Å². The van der Waals surface area contributed by atoms with Crippen molar-refractivity contribution in [1.82, 2.24) is 4.90 Å². The second kappa shape index (κ2) is 6.49. The van der Waals surface area contributed by atoms with Gasteiger partial charge in [0.15, 0.2) is 0 Å². The molecule has 0 fully saturated rings. The van der Waals surface area contributed by atoms with Crippen LogP contribution in [-0.4, -0.2) is 15.6 Å². The third-order valence-electron chi connectivity index (χ3n) is 3.87. The molecule has 0 spiro atoms. The Hall–Kier alpha value is -1.87. The van der Waals surface area contributed by atoms with Crippen LogP contribution in [0.1, 0.15) is 24.5 Å². The zero-order chi connectivity index (χ0) is 15.5. The molecule has 22 heavy (non-hydrogen) atoms. The molecular weight excluding hydrogens is 336 g/mol. The molecule has 1 unspecified atom stereocenters. The van der Waals surface area contributed by atoms with Gasteiger partial charge in [0, 0.05) is 17.8 Å². The van der Waals surface area contributed by atoms with Gasteiger partial charge < -0.3 is 4.90 Å². The van der Waals surface area contributed by atoms with Gasteiger partial charge in [-0.2, -0.15) is 0 Å². The Morgan fingerprint density at radius 1 is 1.09 bits per heavy atom. The Labute approximate surface area is 140 Å². The average molecular weight is 355 g/mol. The Morgan fingerprint density at radius 2 is 1.77 bits per heavy atom. The van der Waals surface area contributed by atoms with E-state index < -0.39 is 0 Å². The fraction of sp³-hybridized carbons (Fsp3) is 0.211. The van der Waals surface area contributed by atoms with Crippen LogP contribution >= 0.6 is 15.9 Å². The van der Waals surface area contributed by atoms with Crippen molar-refractivity contribution in [2.24, 2.45) is 4.99 Å². The van der Waals surface area contributed by atoms with Gasteiger partial charge in [0.1, 0.15) is 5.84 Å². The topological polar surface area (TPSA) is 15.6 Å². The first-order valence-corrected chi connectivity index (χ1v) is 8.44. The molecule has 2 aromatic rings. The summed E-state index contributed by atoms with van der Waals surface area (Å²) >= 11 is 3.76. The first kappa shape index (κ1) is 15.0. The Morgan fingerprint density at radius 3 is 2.50 bits per heavy atom. The van der Waals surface area contributed by atoms with Crippen molar-refractivity contribution in [2.75, 3.05) is 0 Å². The van der Waals surface area contributed by atoms with Gasteiger partial charge in [-0.3, -0.25) is 0 Å². The molecule has 2 aromatic carbocycles. The Balaban J connectivity index is 2.02. The van der Waals surface area contributed by atoms with Crippen molar-refractivity contribution in [3.8, 4) is 0 Å². The lowest BCUT2D eigenvalue weighted by atomic mass is 10.0. The maximum atomic E-state index is 4.88. The van der Waals surface area contributed by atoms with Crippen LogP contribution in [0, 0.1) is 0 Å². The Kier molecular flexibility index (Phi) is 4.44. The molecule has 1 atom stereocenters. The van der Waals surface area contributed by atoms with Gasteiger partial charge in [-0.05, 0) is 18.1 Å². The lowest BCUT2D eigenvalue weighted by Crippen LogP contribution is -2.36. The fourth-order valence-electron chi connectivity index (χ4n) is 2.65. The molecule has 0 aromatic heterocycles. The SMILES string of the molecule is C=C1c2ccccc2N=C(C(Br)CC)N1Cc1ccccc1. The van der Waals surface area contributed by atoms with Gasteiger partial charge in [-0.25, -0.2) is 4.99 Å². The molecule has 1 heterocycles. The van der Waals surface area contributed by atoms with Crippen molar-refractivity contribution in [3.05, 3.63) is 72.3 Å². The number of para-hydroxylation sites is 1. The fourth-order valence-corrected chi connectivity index (χ4v) is 3.00. The number of benzene rings is 2. The number of amidine groups is 1. The number of fused-ring (bicyclic) bond motifs is 1. The van der Waals surface area contributed by atoms with Crippen LogP contribution in [0.15, 0.2) is 66.2 Å². The molecule has 112 valence electrons. The van der Waals surface area contributed by atoms with E-state index in [4.69, 9.17) is 4.99 Å². The molecule has 1 aliphatic rings. The van der Waals surface area contributed by atoms with Crippen molar-refractivity contribution in [2.45, 2.75) is 24.7 Å². The van der Waals surface area contributed by atoms with E-state index in [2.05, 4.69) is 70.7 Å². The maximum absolute atomic E-state index is 4.88. The number of aliphatic imine (C=N–C) groups is 1. The number of hydrogen-bond acceptors (Lipinski definition) is 2. The number of rotatable bonds is 4. The molecule has 0 bridgehead atoms. The molecule has 0 saturated carbocycles. The maximum Gasteiger partial charge on any atom is 0.123 e. The highest BCUT2D eigenvalue weighted by atomic mass is 79.9. The summed E-state index contributed by atoms with van der Waals surface area (Å²) < 4.78 is 0. The van der Waals surface area contributed by atoms with Crippen molar-refractivity contribution < 1.29 is 0 Å². The minimum Gasteiger partial charge on any atom is -0.324 e. The second-order valence-corrected chi connectivity index (χ2v) is 6.49. The van der Waals surface area contributed by atoms with E-state index in [1.165, 1.54) is 5.56 Å². The molecule has 0 N–H and O–H groups in total.